The van der Waals surface area contributed by atoms with Crippen molar-refractivity contribution in [2.45, 2.75) is 42.7 Å². The molecule has 14 nitrogen and oxygen atoms in total. The first-order valence-electron chi connectivity index (χ1n) is 12.4. The number of carbonyl (C=O) groups excluding carboxylic acids is 4. The number of thioether (sulfide) groups is 1. The number of hydrogen-bond acceptors (Lipinski definition) is 12. The van der Waals surface area contributed by atoms with Crippen LogP contribution in [0.15, 0.2) is 34.8 Å². The molecule has 2 unspecified atom stereocenters. The van der Waals surface area contributed by atoms with Crippen molar-refractivity contribution in [3.63, 3.8) is 0 Å². The van der Waals surface area contributed by atoms with Crippen molar-refractivity contribution in [3.05, 3.63) is 51.0 Å². The number of nitrogens with one attached hydrogen (secondary N) is 2. The van der Waals surface area contributed by atoms with Crippen molar-refractivity contribution in [1.82, 2.24) is 15.2 Å². The predicted molar refractivity (Wildman–Crippen MR) is 151 cm³/mol. The molecule has 3 heterocycles. The maximum atomic E-state index is 13.1. The molecule has 41 heavy (non-hydrogen) atoms. The Labute approximate surface area is 246 Å². The van der Waals surface area contributed by atoms with E-state index in [1.807, 2.05) is 6.92 Å². The molecule has 2 fully saturated rings. The van der Waals surface area contributed by atoms with Gasteiger partial charge >= 0.3 is 5.97 Å². The standard InChI is InChI=1S/C24H25ClN6O8S2/c1-2-3-8-39-29-17(16-10-40-23(27-16)26-13-32)19(33)28-18-20(34)30-11-24(25,12-41-21(18)30)22(35)38-9-14-4-6-15(7-5-14)31(36)37/h4-7,10,13,18,21H,2-3,8-9,11-12H2,1H3,(H,28,33)(H,26,27,32)/t18?,21-,24?/m1/s1. The molecule has 17 heteroatoms. The van der Waals surface area contributed by atoms with Gasteiger partial charge in [0.25, 0.3) is 11.6 Å². The van der Waals surface area contributed by atoms with Gasteiger partial charge in [-0.25, -0.2) is 4.98 Å². The molecular weight excluding hydrogens is 600 g/mol. The molecule has 2 aromatic rings. The number of amides is 3. The molecular formula is C24H25ClN6O8S2. The zero-order valence-electron chi connectivity index (χ0n) is 21.6. The summed E-state index contributed by atoms with van der Waals surface area (Å²) in [6.07, 6.45) is 2.04. The van der Waals surface area contributed by atoms with Crippen LogP contribution in [0.25, 0.3) is 0 Å². The third-order valence-electron chi connectivity index (χ3n) is 6.10. The first-order chi connectivity index (χ1) is 19.7. The lowest BCUT2D eigenvalue weighted by molar-refractivity contribution is -0.384. The van der Waals surface area contributed by atoms with Gasteiger partial charge in [0.2, 0.25) is 12.3 Å². The van der Waals surface area contributed by atoms with Crippen LogP contribution in [0.4, 0.5) is 10.8 Å². The van der Waals surface area contributed by atoms with Crippen LogP contribution >= 0.6 is 34.7 Å². The van der Waals surface area contributed by atoms with E-state index < -0.39 is 39.0 Å². The highest BCUT2D eigenvalue weighted by atomic mass is 35.5. The summed E-state index contributed by atoms with van der Waals surface area (Å²) >= 11 is 8.89. The van der Waals surface area contributed by atoms with Gasteiger partial charge in [0.15, 0.2) is 15.7 Å². The number of anilines is 1. The summed E-state index contributed by atoms with van der Waals surface area (Å²) in [6.45, 7) is 1.99. The number of rotatable bonds is 13. The van der Waals surface area contributed by atoms with Gasteiger partial charge < -0.3 is 25.1 Å². The number of oxime groups is 1. The van der Waals surface area contributed by atoms with Crippen molar-refractivity contribution < 1.29 is 33.7 Å². The summed E-state index contributed by atoms with van der Waals surface area (Å²) in [5, 5.41) is 21.1. The molecule has 2 aliphatic heterocycles. The van der Waals surface area contributed by atoms with Crippen LogP contribution in [-0.2, 0) is 35.4 Å². The number of ether oxygens (including phenoxy) is 1. The monoisotopic (exact) mass is 624 g/mol. The Hall–Kier alpha value is -3.76. The molecule has 0 spiro atoms. The summed E-state index contributed by atoms with van der Waals surface area (Å²) in [5.41, 5.74) is 0.475. The lowest BCUT2D eigenvalue weighted by atomic mass is 10.0. The predicted octanol–water partition coefficient (Wildman–Crippen LogP) is 2.26. The highest BCUT2D eigenvalue weighted by Gasteiger charge is 2.57. The largest absolute Gasteiger partial charge is 0.459 e. The number of alkyl halides is 1. The fourth-order valence-electron chi connectivity index (χ4n) is 3.89. The molecule has 2 saturated heterocycles. The number of unbranched alkanes of at least 4 members (excludes halogenated alkanes) is 1. The minimum Gasteiger partial charge on any atom is -0.459 e. The van der Waals surface area contributed by atoms with Crippen LogP contribution in [-0.4, -0.2) is 79.9 Å². The SMILES string of the molecule is CCCCON=C(C(=O)NC1C(=O)N2CC(Cl)(C(=O)OCc3ccc([N+](=O)[O-])cc3)CS[C@H]12)c1csc(NC=O)n1. The number of aromatic nitrogens is 1. The number of hydrogen-bond donors (Lipinski definition) is 2. The Kier molecular flexibility index (Phi) is 9.77. The average molecular weight is 625 g/mol. The number of carbonyl (C=O) groups is 4. The maximum Gasteiger partial charge on any atom is 0.330 e. The van der Waals surface area contributed by atoms with E-state index in [-0.39, 0.29) is 47.7 Å². The third-order valence-corrected chi connectivity index (χ3v) is 8.97. The zero-order valence-corrected chi connectivity index (χ0v) is 24.0. The van der Waals surface area contributed by atoms with Crippen LogP contribution < -0.4 is 10.6 Å². The minimum absolute atomic E-state index is 0.0878. The number of nitro groups is 1. The summed E-state index contributed by atoms with van der Waals surface area (Å²) in [7, 11) is 0. The summed E-state index contributed by atoms with van der Waals surface area (Å²) in [4.78, 5) is 69.2. The molecule has 3 amide bonds. The number of β-lactam (4-membered cyclic amide) rings is 1. The third kappa shape index (κ3) is 6.94. The first-order valence-corrected chi connectivity index (χ1v) is 14.7. The van der Waals surface area contributed by atoms with Gasteiger partial charge in [-0.2, -0.15) is 0 Å². The maximum absolute atomic E-state index is 13.1. The summed E-state index contributed by atoms with van der Waals surface area (Å²) in [5.74, 6) is -1.74. The van der Waals surface area contributed by atoms with Crippen molar-refractivity contribution in [1.29, 1.82) is 0 Å². The highest BCUT2D eigenvalue weighted by molar-refractivity contribution is 8.00. The number of non-ortho nitro benzene ring substituents is 1. The molecule has 4 rings (SSSR count). The molecule has 1 aromatic heterocycles. The molecule has 0 aliphatic carbocycles. The Balaban J connectivity index is 1.36. The molecule has 218 valence electrons. The van der Waals surface area contributed by atoms with Crippen molar-refractivity contribution >= 4 is 75.4 Å². The number of benzene rings is 1. The van der Waals surface area contributed by atoms with Crippen molar-refractivity contribution in [2.75, 3.05) is 24.2 Å². The number of fused-ring (bicyclic) bond motifs is 1. The summed E-state index contributed by atoms with van der Waals surface area (Å²) in [6, 6.07) is 4.66. The van der Waals surface area contributed by atoms with Crippen molar-refractivity contribution in [3.8, 4) is 0 Å². The zero-order chi connectivity index (χ0) is 29.6. The van der Waals surface area contributed by atoms with E-state index in [1.165, 1.54) is 46.3 Å². The molecule has 1 aromatic carbocycles. The number of nitro benzene ring substituents is 1. The molecule has 3 atom stereocenters. The fourth-order valence-corrected chi connectivity index (χ4v) is 6.30. The van der Waals surface area contributed by atoms with Crippen LogP contribution in [0.2, 0.25) is 0 Å². The normalized spacial score (nSPS) is 21.8. The molecule has 0 saturated carbocycles. The topological polar surface area (TPSA) is 182 Å². The molecule has 0 bridgehead atoms. The van der Waals surface area contributed by atoms with E-state index in [9.17, 15) is 29.3 Å². The van der Waals surface area contributed by atoms with Crippen LogP contribution in [0, 0.1) is 10.1 Å². The molecule has 0 radical (unpaired) electrons. The fraction of sp³-hybridized carbons (Fsp3) is 0.417. The quantitative estimate of drug-likeness (QED) is 0.0490. The van der Waals surface area contributed by atoms with Gasteiger partial charge in [-0.1, -0.05) is 18.5 Å². The number of thiazole rings is 1. The van der Waals surface area contributed by atoms with E-state index in [0.29, 0.717) is 12.0 Å². The first kappa shape index (κ1) is 30.2. The van der Waals surface area contributed by atoms with Gasteiger partial charge in [0.1, 0.15) is 30.3 Å². The van der Waals surface area contributed by atoms with Gasteiger partial charge in [0.05, 0.1) is 11.5 Å². The second kappa shape index (κ2) is 13.3. The van der Waals surface area contributed by atoms with E-state index in [1.54, 1.807) is 0 Å². The van der Waals surface area contributed by atoms with Gasteiger partial charge in [0, 0.05) is 23.3 Å². The van der Waals surface area contributed by atoms with E-state index in [2.05, 4.69) is 20.8 Å². The Morgan fingerprint density at radius 1 is 1.37 bits per heavy atom. The lowest BCUT2D eigenvalue weighted by Gasteiger charge is -2.52. The van der Waals surface area contributed by atoms with Crippen LogP contribution in [0.1, 0.15) is 31.0 Å². The lowest BCUT2D eigenvalue weighted by Crippen LogP contribution is -2.74. The second-order valence-electron chi connectivity index (χ2n) is 9.01. The Bertz CT molecular complexity index is 1360. The summed E-state index contributed by atoms with van der Waals surface area (Å²) < 4.78 is 5.34. The highest BCUT2D eigenvalue weighted by Crippen LogP contribution is 2.41. The number of nitrogens with zero attached hydrogens (tertiary/aromatic N) is 4. The van der Waals surface area contributed by atoms with Gasteiger partial charge in [-0.3, -0.25) is 29.3 Å². The van der Waals surface area contributed by atoms with Crippen LogP contribution in [0.3, 0.4) is 0 Å². The second-order valence-corrected chi connectivity index (χ2v) is 11.7. The smallest absolute Gasteiger partial charge is 0.330 e. The van der Waals surface area contributed by atoms with Crippen LogP contribution in [0.5, 0.6) is 0 Å². The molecule has 2 aliphatic rings. The van der Waals surface area contributed by atoms with E-state index >= 15 is 0 Å². The van der Waals surface area contributed by atoms with E-state index in [4.69, 9.17) is 21.2 Å². The van der Waals surface area contributed by atoms with Gasteiger partial charge in [-0.15, -0.1) is 34.7 Å². The van der Waals surface area contributed by atoms with E-state index in [0.717, 1.165) is 24.2 Å². The Morgan fingerprint density at radius 3 is 2.80 bits per heavy atom. The van der Waals surface area contributed by atoms with Gasteiger partial charge in [-0.05, 0) is 24.1 Å². The number of esters is 1. The average Bonchev–Trinajstić information content (AvgIpc) is 3.43. The number of halogens is 1. The van der Waals surface area contributed by atoms with Crippen molar-refractivity contribution in [2.24, 2.45) is 5.16 Å². The Morgan fingerprint density at radius 2 is 2.12 bits per heavy atom. The molecule has 2 N–H and O–H groups in total. The minimum atomic E-state index is -1.51.